The summed E-state index contributed by atoms with van der Waals surface area (Å²) >= 11 is 0. The molecule has 2 aromatic carbocycles. The third-order valence-corrected chi connectivity index (χ3v) is 3.35. The van der Waals surface area contributed by atoms with E-state index in [0.29, 0.717) is 6.42 Å². The van der Waals surface area contributed by atoms with Gasteiger partial charge in [-0.2, -0.15) is 0 Å². The summed E-state index contributed by atoms with van der Waals surface area (Å²) in [5, 5.41) is 11.1. The number of nitro benzene ring substituents is 1. The van der Waals surface area contributed by atoms with E-state index in [0.717, 1.165) is 10.5 Å². The van der Waals surface area contributed by atoms with Crippen LogP contribution in [0.5, 0.6) is 0 Å². The Labute approximate surface area is 133 Å². The first-order chi connectivity index (χ1) is 11.0. The van der Waals surface area contributed by atoms with Crippen molar-refractivity contribution in [1.29, 1.82) is 0 Å². The smallest absolute Gasteiger partial charge is 0.274 e. The van der Waals surface area contributed by atoms with Gasteiger partial charge in [-0.3, -0.25) is 19.7 Å². The molecule has 0 aliphatic heterocycles. The highest BCUT2D eigenvalue weighted by Gasteiger charge is 2.26. The minimum Gasteiger partial charge on any atom is -0.274 e. The Hall–Kier alpha value is -3.02. The fourth-order valence-electron chi connectivity index (χ4n) is 2.29. The number of anilines is 1. The molecule has 2 rings (SSSR count). The second kappa shape index (κ2) is 7.31. The summed E-state index contributed by atoms with van der Waals surface area (Å²) in [6, 6.07) is 15.1. The van der Waals surface area contributed by atoms with Gasteiger partial charge in [-0.1, -0.05) is 42.5 Å². The van der Waals surface area contributed by atoms with Crippen molar-refractivity contribution >= 4 is 23.2 Å². The molecule has 0 bridgehead atoms. The number of nitrogens with zero attached hydrogens (tertiary/aromatic N) is 2. The van der Waals surface area contributed by atoms with Crippen LogP contribution in [-0.4, -0.2) is 16.7 Å². The molecule has 23 heavy (non-hydrogen) atoms. The quantitative estimate of drug-likeness (QED) is 0.627. The Bertz CT molecular complexity index is 728. The number of carbonyl (C=O) groups is 2. The lowest BCUT2D eigenvalue weighted by Gasteiger charge is -2.19. The molecule has 6 nitrogen and oxygen atoms in total. The highest BCUT2D eigenvalue weighted by Crippen LogP contribution is 2.28. The van der Waals surface area contributed by atoms with E-state index in [1.807, 2.05) is 30.3 Å². The Morgan fingerprint density at radius 3 is 2.26 bits per heavy atom. The molecule has 0 atom stereocenters. The van der Waals surface area contributed by atoms with Crippen LogP contribution in [0, 0.1) is 10.1 Å². The molecule has 0 saturated heterocycles. The summed E-state index contributed by atoms with van der Waals surface area (Å²) in [5.41, 5.74) is 0.700. The molecule has 0 aliphatic carbocycles. The molecular formula is C17H16N2O4. The fourth-order valence-corrected chi connectivity index (χ4v) is 2.29. The van der Waals surface area contributed by atoms with Crippen molar-refractivity contribution < 1.29 is 14.5 Å². The van der Waals surface area contributed by atoms with Crippen molar-refractivity contribution in [3.63, 3.8) is 0 Å². The standard InChI is InChI=1S/C17H16N2O4/c1-13(20)18(15-9-5-6-10-16(15)19(22)23)17(21)12-11-14-7-3-2-4-8-14/h2-10H,11-12H2,1H3. The third kappa shape index (κ3) is 4.00. The van der Waals surface area contributed by atoms with E-state index >= 15 is 0 Å². The van der Waals surface area contributed by atoms with E-state index < -0.39 is 16.7 Å². The van der Waals surface area contributed by atoms with Gasteiger partial charge in [0.2, 0.25) is 11.8 Å². The maximum Gasteiger partial charge on any atom is 0.293 e. The van der Waals surface area contributed by atoms with Gasteiger partial charge in [-0.25, -0.2) is 4.90 Å². The minimum absolute atomic E-state index is 0.00283. The van der Waals surface area contributed by atoms with Gasteiger partial charge in [0.25, 0.3) is 5.69 Å². The largest absolute Gasteiger partial charge is 0.293 e. The van der Waals surface area contributed by atoms with Crippen molar-refractivity contribution in [3.8, 4) is 0 Å². The molecule has 2 amide bonds. The molecule has 0 unspecified atom stereocenters. The Morgan fingerprint density at radius 2 is 1.65 bits per heavy atom. The van der Waals surface area contributed by atoms with Gasteiger partial charge in [0.05, 0.1) is 4.92 Å². The number of hydrogen-bond acceptors (Lipinski definition) is 4. The Kier molecular flexibility index (Phi) is 5.19. The van der Waals surface area contributed by atoms with Crippen LogP contribution in [0.3, 0.4) is 0 Å². The first kappa shape index (κ1) is 16.4. The maximum atomic E-state index is 12.4. The van der Waals surface area contributed by atoms with Crippen LogP contribution in [0.25, 0.3) is 0 Å². The third-order valence-electron chi connectivity index (χ3n) is 3.35. The van der Waals surface area contributed by atoms with Crippen LogP contribution < -0.4 is 4.90 Å². The summed E-state index contributed by atoms with van der Waals surface area (Å²) in [4.78, 5) is 35.7. The summed E-state index contributed by atoms with van der Waals surface area (Å²) in [5.74, 6) is -1.01. The number of aryl methyl sites for hydroxylation is 1. The van der Waals surface area contributed by atoms with Crippen molar-refractivity contribution in [2.75, 3.05) is 4.90 Å². The average Bonchev–Trinajstić information content (AvgIpc) is 2.54. The van der Waals surface area contributed by atoms with Gasteiger partial charge in [0, 0.05) is 19.4 Å². The predicted octanol–water partition coefficient (Wildman–Crippen LogP) is 3.11. The number of imide groups is 1. The first-order valence-electron chi connectivity index (χ1n) is 7.11. The molecule has 0 N–H and O–H groups in total. The number of carbonyl (C=O) groups excluding carboxylic acids is 2. The Balaban J connectivity index is 2.23. The van der Waals surface area contributed by atoms with Crippen LogP contribution in [-0.2, 0) is 16.0 Å². The van der Waals surface area contributed by atoms with E-state index in [2.05, 4.69) is 0 Å². The van der Waals surface area contributed by atoms with Crippen LogP contribution >= 0.6 is 0 Å². The molecule has 118 valence electrons. The molecule has 2 aromatic rings. The normalized spacial score (nSPS) is 10.1. The lowest BCUT2D eigenvalue weighted by Crippen LogP contribution is -2.35. The topological polar surface area (TPSA) is 80.5 Å². The lowest BCUT2D eigenvalue weighted by molar-refractivity contribution is -0.384. The molecule has 0 spiro atoms. The van der Waals surface area contributed by atoms with Gasteiger partial charge < -0.3 is 0 Å². The van der Waals surface area contributed by atoms with Crippen molar-refractivity contribution in [2.24, 2.45) is 0 Å². The van der Waals surface area contributed by atoms with E-state index in [9.17, 15) is 19.7 Å². The van der Waals surface area contributed by atoms with Crippen molar-refractivity contribution in [3.05, 3.63) is 70.3 Å². The van der Waals surface area contributed by atoms with E-state index in [4.69, 9.17) is 0 Å². The highest BCUT2D eigenvalue weighted by molar-refractivity contribution is 6.15. The second-order valence-electron chi connectivity index (χ2n) is 4.98. The number of nitro groups is 1. The summed E-state index contributed by atoms with van der Waals surface area (Å²) < 4.78 is 0. The molecule has 0 heterocycles. The SMILES string of the molecule is CC(=O)N(C(=O)CCc1ccccc1)c1ccccc1[N+](=O)[O-]. The van der Waals surface area contributed by atoms with Gasteiger partial charge in [-0.05, 0) is 18.1 Å². The second-order valence-corrected chi connectivity index (χ2v) is 4.98. The van der Waals surface area contributed by atoms with Gasteiger partial charge in [0.15, 0.2) is 0 Å². The molecule has 0 aromatic heterocycles. The van der Waals surface area contributed by atoms with Gasteiger partial charge in [-0.15, -0.1) is 0 Å². The molecule has 0 aliphatic rings. The number of amides is 2. The molecule has 0 saturated carbocycles. The van der Waals surface area contributed by atoms with Gasteiger partial charge in [0.1, 0.15) is 5.69 Å². The van der Waals surface area contributed by atoms with E-state index in [1.165, 1.54) is 25.1 Å². The van der Waals surface area contributed by atoms with Crippen LogP contribution in [0.4, 0.5) is 11.4 Å². The zero-order valence-corrected chi connectivity index (χ0v) is 12.6. The molecular weight excluding hydrogens is 296 g/mol. The maximum absolute atomic E-state index is 12.4. The number of hydrogen-bond donors (Lipinski definition) is 0. The minimum atomic E-state index is -0.601. The molecule has 6 heteroatoms. The van der Waals surface area contributed by atoms with Gasteiger partial charge >= 0.3 is 0 Å². The zero-order valence-electron chi connectivity index (χ0n) is 12.6. The Morgan fingerprint density at radius 1 is 1.04 bits per heavy atom. The number of benzene rings is 2. The number of rotatable bonds is 5. The van der Waals surface area contributed by atoms with Crippen LogP contribution in [0.15, 0.2) is 54.6 Å². The molecule has 0 radical (unpaired) electrons. The summed E-state index contributed by atoms with van der Waals surface area (Å²) in [6.07, 6.45) is 0.555. The monoisotopic (exact) mass is 312 g/mol. The summed E-state index contributed by atoms with van der Waals surface area (Å²) in [7, 11) is 0. The average molecular weight is 312 g/mol. The predicted molar refractivity (Wildman–Crippen MR) is 86.0 cm³/mol. The van der Waals surface area contributed by atoms with Crippen LogP contribution in [0.1, 0.15) is 18.9 Å². The van der Waals surface area contributed by atoms with Crippen molar-refractivity contribution in [2.45, 2.75) is 19.8 Å². The number of para-hydroxylation sites is 2. The van der Waals surface area contributed by atoms with Crippen LogP contribution in [0.2, 0.25) is 0 Å². The summed E-state index contributed by atoms with van der Waals surface area (Å²) in [6.45, 7) is 1.22. The lowest BCUT2D eigenvalue weighted by atomic mass is 10.1. The van der Waals surface area contributed by atoms with E-state index in [1.54, 1.807) is 6.07 Å². The van der Waals surface area contributed by atoms with E-state index in [-0.39, 0.29) is 17.8 Å². The van der Waals surface area contributed by atoms with Crippen molar-refractivity contribution in [1.82, 2.24) is 0 Å². The zero-order chi connectivity index (χ0) is 16.8. The highest BCUT2D eigenvalue weighted by atomic mass is 16.6. The molecule has 0 fully saturated rings. The fraction of sp³-hybridized carbons (Fsp3) is 0.176. The first-order valence-corrected chi connectivity index (χ1v) is 7.11.